The largest absolute Gasteiger partial charge is 0.497 e. The Kier molecular flexibility index (Phi) is 5.45. The molecule has 7 nitrogen and oxygen atoms in total. The third-order valence-electron chi connectivity index (χ3n) is 6.28. The van der Waals surface area contributed by atoms with Crippen molar-refractivity contribution in [3.8, 4) is 22.8 Å². The van der Waals surface area contributed by atoms with Crippen LogP contribution in [0.15, 0.2) is 66.7 Å². The molecule has 34 heavy (non-hydrogen) atoms. The highest BCUT2D eigenvalue weighted by Crippen LogP contribution is 2.47. The fourth-order valence-electron chi connectivity index (χ4n) is 4.72. The molecular formula is C27H24N2O5. The second-order valence-electron chi connectivity index (χ2n) is 8.02. The van der Waals surface area contributed by atoms with Crippen molar-refractivity contribution in [2.24, 2.45) is 0 Å². The zero-order chi connectivity index (χ0) is 23.8. The number of H-pyrrole nitrogens is 1. The minimum absolute atomic E-state index is 0.164. The molecule has 1 aliphatic rings. The number of benzene rings is 3. The quantitative estimate of drug-likeness (QED) is 0.430. The maximum atomic E-state index is 13.4. The number of aromatic amines is 1. The Morgan fingerprint density at radius 1 is 0.941 bits per heavy atom. The van der Waals surface area contributed by atoms with Crippen LogP contribution in [-0.2, 0) is 9.53 Å². The van der Waals surface area contributed by atoms with Gasteiger partial charge in [0.2, 0.25) is 0 Å². The number of amides is 1. The summed E-state index contributed by atoms with van der Waals surface area (Å²) in [7, 11) is 4.55. The fourth-order valence-corrected chi connectivity index (χ4v) is 4.72. The van der Waals surface area contributed by atoms with E-state index in [1.165, 1.54) is 7.11 Å². The first-order chi connectivity index (χ1) is 16.6. The predicted molar refractivity (Wildman–Crippen MR) is 128 cm³/mol. The van der Waals surface area contributed by atoms with Gasteiger partial charge in [-0.25, -0.2) is 0 Å². The smallest absolute Gasteiger partial charge is 0.325 e. The number of rotatable bonds is 6. The number of hydrogen-bond donors (Lipinski definition) is 1. The highest BCUT2D eigenvalue weighted by molar-refractivity contribution is 6.03. The SMILES string of the molecule is COC(=O)CN1C(=O)c2ccccc2C1c1c(-c2cc(OC)ccc2OC)[nH]c2ccccc12. The number of carbonyl (C=O) groups is 2. The normalized spacial score (nSPS) is 14.9. The lowest BCUT2D eigenvalue weighted by Gasteiger charge is -2.26. The molecule has 0 fully saturated rings. The molecule has 3 aromatic carbocycles. The van der Waals surface area contributed by atoms with E-state index < -0.39 is 12.0 Å². The van der Waals surface area contributed by atoms with E-state index in [1.54, 1.807) is 25.2 Å². The van der Waals surface area contributed by atoms with Crippen LogP contribution >= 0.6 is 0 Å². The summed E-state index contributed by atoms with van der Waals surface area (Å²) in [6.07, 6.45) is 0. The summed E-state index contributed by atoms with van der Waals surface area (Å²) in [5.41, 5.74) is 4.79. The molecule has 0 saturated heterocycles. The average molecular weight is 456 g/mol. The molecular weight excluding hydrogens is 432 g/mol. The molecule has 1 aromatic heterocycles. The van der Waals surface area contributed by atoms with Gasteiger partial charge in [-0.1, -0.05) is 36.4 Å². The van der Waals surface area contributed by atoms with Crippen molar-refractivity contribution in [1.82, 2.24) is 9.88 Å². The van der Waals surface area contributed by atoms with Gasteiger partial charge in [0.05, 0.1) is 33.1 Å². The van der Waals surface area contributed by atoms with Crippen molar-refractivity contribution in [3.63, 3.8) is 0 Å². The lowest BCUT2D eigenvalue weighted by atomic mass is 9.93. The van der Waals surface area contributed by atoms with Gasteiger partial charge in [0.15, 0.2) is 0 Å². The van der Waals surface area contributed by atoms with Crippen LogP contribution < -0.4 is 9.47 Å². The minimum atomic E-state index is -0.496. The molecule has 5 rings (SSSR count). The number of methoxy groups -OCH3 is 3. The summed E-state index contributed by atoms with van der Waals surface area (Å²) >= 11 is 0. The number of esters is 1. The summed E-state index contributed by atoms with van der Waals surface area (Å²) < 4.78 is 16.1. The van der Waals surface area contributed by atoms with E-state index in [0.717, 1.165) is 33.3 Å². The van der Waals surface area contributed by atoms with Crippen LogP contribution in [0.25, 0.3) is 22.2 Å². The highest BCUT2D eigenvalue weighted by Gasteiger charge is 2.41. The van der Waals surface area contributed by atoms with Gasteiger partial charge < -0.3 is 24.1 Å². The highest BCUT2D eigenvalue weighted by atomic mass is 16.5. The number of carbonyl (C=O) groups excluding carboxylic acids is 2. The first kappa shape index (κ1) is 21.6. The molecule has 0 radical (unpaired) electrons. The van der Waals surface area contributed by atoms with Crippen LogP contribution in [-0.4, -0.2) is 49.6 Å². The van der Waals surface area contributed by atoms with Gasteiger partial charge in [0, 0.05) is 27.6 Å². The molecule has 4 aromatic rings. The fraction of sp³-hybridized carbons (Fsp3) is 0.185. The number of para-hydroxylation sites is 1. The van der Waals surface area contributed by atoms with Crippen molar-refractivity contribution < 1.29 is 23.8 Å². The summed E-state index contributed by atoms with van der Waals surface area (Å²) in [6, 6.07) is 20.5. The van der Waals surface area contributed by atoms with Gasteiger partial charge in [0.1, 0.15) is 18.0 Å². The molecule has 0 spiro atoms. The molecule has 1 N–H and O–H groups in total. The first-order valence-electron chi connectivity index (χ1n) is 10.9. The molecule has 1 atom stereocenters. The Bertz CT molecular complexity index is 1410. The second-order valence-corrected chi connectivity index (χ2v) is 8.02. The lowest BCUT2D eigenvalue weighted by molar-refractivity contribution is -0.141. The third kappa shape index (κ3) is 3.37. The van der Waals surface area contributed by atoms with E-state index >= 15 is 0 Å². The zero-order valence-electron chi connectivity index (χ0n) is 19.1. The predicted octanol–water partition coefficient (Wildman–Crippen LogP) is 4.57. The lowest BCUT2D eigenvalue weighted by Crippen LogP contribution is -2.34. The molecule has 1 aliphatic heterocycles. The van der Waals surface area contributed by atoms with Crippen molar-refractivity contribution in [3.05, 3.63) is 83.4 Å². The number of hydrogen-bond acceptors (Lipinski definition) is 5. The van der Waals surface area contributed by atoms with Gasteiger partial charge in [-0.3, -0.25) is 9.59 Å². The molecule has 0 aliphatic carbocycles. The molecule has 1 unspecified atom stereocenters. The Morgan fingerprint density at radius 3 is 2.47 bits per heavy atom. The number of fused-ring (bicyclic) bond motifs is 2. The average Bonchev–Trinajstić information content (AvgIpc) is 3.38. The Morgan fingerprint density at radius 2 is 1.71 bits per heavy atom. The maximum absolute atomic E-state index is 13.4. The zero-order valence-corrected chi connectivity index (χ0v) is 19.1. The van der Waals surface area contributed by atoms with Gasteiger partial charge in [0.25, 0.3) is 5.91 Å². The molecule has 0 saturated carbocycles. The molecule has 2 heterocycles. The van der Waals surface area contributed by atoms with Gasteiger partial charge in [-0.15, -0.1) is 0 Å². The van der Waals surface area contributed by atoms with Crippen LogP contribution in [0.1, 0.15) is 27.5 Å². The van der Waals surface area contributed by atoms with Crippen molar-refractivity contribution in [2.75, 3.05) is 27.9 Å². The van der Waals surface area contributed by atoms with Crippen molar-refractivity contribution >= 4 is 22.8 Å². The standard InChI is InChI=1S/C27H24N2O5/c1-32-16-12-13-22(33-2)20(14-16)25-24(19-10-6-7-11-21(19)28-25)26-17-8-4-5-9-18(17)27(31)29(26)15-23(30)34-3/h4-14,26,28H,15H2,1-3H3. The van der Waals surface area contributed by atoms with Gasteiger partial charge >= 0.3 is 5.97 Å². The molecule has 7 heteroatoms. The Hall–Kier alpha value is -4.26. The third-order valence-corrected chi connectivity index (χ3v) is 6.28. The molecule has 172 valence electrons. The van der Waals surface area contributed by atoms with Crippen molar-refractivity contribution in [1.29, 1.82) is 0 Å². The number of aromatic nitrogens is 1. The summed E-state index contributed by atoms with van der Waals surface area (Å²) in [5, 5.41) is 0.951. The maximum Gasteiger partial charge on any atom is 0.325 e. The topological polar surface area (TPSA) is 80.9 Å². The molecule has 1 amide bonds. The number of nitrogens with one attached hydrogen (secondary N) is 1. The summed E-state index contributed by atoms with van der Waals surface area (Å²) in [6.45, 7) is -0.164. The van der Waals surface area contributed by atoms with Gasteiger partial charge in [-0.2, -0.15) is 0 Å². The van der Waals surface area contributed by atoms with E-state index in [9.17, 15) is 9.59 Å². The van der Waals surface area contributed by atoms with E-state index in [-0.39, 0.29) is 12.5 Å². The van der Waals surface area contributed by atoms with Crippen LogP contribution in [0.4, 0.5) is 0 Å². The van der Waals surface area contributed by atoms with E-state index in [4.69, 9.17) is 14.2 Å². The van der Waals surface area contributed by atoms with Crippen LogP contribution in [0.5, 0.6) is 11.5 Å². The van der Waals surface area contributed by atoms with E-state index in [0.29, 0.717) is 17.1 Å². The van der Waals surface area contributed by atoms with Crippen molar-refractivity contribution in [2.45, 2.75) is 6.04 Å². The van der Waals surface area contributed by atoms with Crippen LogP contribution in [0.2, 0.25) is 0 Å². The Labute approximate surface area is 196 Å². The Balaban J connectivity index is 1.82. The monoisotopic (exact) mass is 456 g/mol. The number of nitrogens with zero attached hydrogens (tertiary/aromatic N) is 1. The van der Waals surface area contributed by atoms with Crippen LogP contribution in [0.3, 0.4) is 0 Å². The van der Waals surface area contributed by atoms with Gasteiger partial charge in [-0.05, 0) is 35.9 Å². The van der Waals surface area contributed by atoms with E-state index in [2.05, 4.69) is 4.98 Å². The first-order valence-corrected chi connectivity index (χ1v) is 10.9. The van der Waals surface area contributed by atoms with Crippen LogP contribution in [0, 0.1) is 0 Å². The number of ether oxygens (including phenoxy) is 3. The second kappa shape index (κ2) is 8.59. The summed E-state index contributed by atoms with van der Waals surface area (Å²) in [4.78, 5) is 30.8. The summed E-state index contributed by atoms with van der Waals surface area (Å²) in [5.74, 6) is 0.645. The minimum Gasteiger partial charge on any atom is -0.497 e. The molecule has 0 bridgehead atoms. The van der Waals surface area contributed by atoms with E-state index in [1.807, 2.05) is 60.7 Å².